The summed E-state index contributed by atoms with van der Waals surface area (Å²) in [5.74, 6) is 1.22. The molecule has 5 nitrogen and oxygen atoms in total. The second-order valence-corrected chi connectivity index (χ2v) is 7.22. The van der Waals surface area contributed by atoms with Crippen molar-refractivity contribution in [1.82, 2.24) is 4.90 Å². The van der Waals surface area contributed by atoms with Crippen molar-refractivity contribution < 1.29 is 19.0 Å². The van der Waals surface area contributed by atoms with Crippen LogP contribution in [0, 0.1) is 0 Å². The van der Waals surface area contributed by atoms with Gasteiger partial charge >= 0.3 is 0 Å². The zero-order valence-electron chi connectivity index (χ0n) is 13.6. The maximum atomic E-state index is 12.6. The summed E-state index contributed by atoms with van der Waals surface area (Å²) >= 11 is 6.69. The molecule has 0 aliphatic carbocycles. The van der Waals surface area contributed by atoms with E-state index in [-0.39, 0.29) is 12.0 Å². The van der Waals surface area contributed by atoms with E-state index in [1.165, 1.54) is 11.8 Å². The minimum atomic E-state index is -0.0599. The first-order valence-electron chi connectivity index (χ1n) is 7.71. The summed E-state index contributed by atoms with van der Waals surface area (Å²) in [6.45, 7) is 1.30. The largest absolute Gasteiger partial charge is 0.493 e. The molecule has 3 rings (SSSR count). The van der Waals surface area contributed by atoms with Gasteiger partial charge in [-0.15, -0.1) is 0 Å². The van der Waals surface area contributed by atoms with E-state index in [4.69, 9.17) is 26.4 Å². The van der Waals surface area contributed by atoms with Gasteiger partial charge in [0, 0.05) is 6.61 Å². The fourth-order valence-corrected chi connectivity index (χ4v) is 4.02. The minimum Gasteiger partial charge on any atom is -0.493 e. The number of nitrogens with zero attached hydrogens (tertiary/aromatic N) is 1. The lowest BCUT2D eigenvalue weighted by atomic mass is 10.2. The molecule has 0 radical (unpaired) electrons. The standard InChI is InChI=1S/C17H19NO4S2/c1-20-13-6-5-11(8-14(13)21-2)9-15-16(19)18(17(23)24-15)10-12-4-3-7-22-12/h5-6,8-9,12H,3-4,7,10H2,1-2H3/b15-9-/t12-/m1/s1. The number of methoxy groups -OCH3 is 2. The third kappa shape index (κ3) is 3.58. The van der Waals surface area contributed by atoms with E-state index in [1.807, 2.05) is 24.3 Å². The molecule has 2 aliphatic rings. The van der Waals surface area contributed by atoms with Gasteiger partial charge in [0.15, 0.2) is 11.5 Å². The molecule has 2 fully saturated rings. The first kappa shape index (κ1) is 17.3. The van der Waals surface area contributed by atoms with Crippen LogP contribution in [-0.2, 0) is 9.53 Å². The Morgan fingerprint density at radius 2 is 2.17 bits per heavy atom. The first-order chi connectivity index (χ1) is 11.6. The van der Waals surface area contributed by atoms with E-state index in [1.54, 1.807) is 19.1 Å². The highest BCUT2D eigenvalue weighted by Crippen LogP contribution is 2.35. The van der Waals surface area contributed by atoms with Gasteiger partial charge in [-0.25, -0.2) is 0 Å². The maximum absolute atomic E-state index is 12.6. The number of thioether (sulfide) groups is 1. The summed E-state index contributed by atoms with van der Waals surface area (Å²) in [4.78, 5) is 14.9. The maximum Gasteiger partial charge on any atom is 0.266 e. The van der Waals surface area contributed by atoms with Gasteiger partial charge in [0.1, 0.15) is 4.32 Å². The topological polar surface area (TPSA) is 48.0 Å². The van der Waals surface area contributed by atoms with Crippen LogP contribution in [0.4, 0.5) is 0 Å². The number of hydrogen-bond donors (Lipinski definition) is 0. The number of ether oxygens (including phenoxy) is 3. The Hall–Kier alpha value is -1.57. The van der Waals surface area contributed by atoms with Crippen LogP contribution in [0.15, 0.2) is 23.1 Å². The molecule has 128 valence electrons. The van der Waals surface area contributed by atoms with Crippen molar-refractivity contribution >= 4 is 40.3 Å². The zero-order chi connectivity index (χ0) is 17.1. The van der Waals surface area contributed by atoms with Crippen LogP contribution in [0.25, 0.3) is 6.08 Å². The van der Waals surface area contributed by atoms with Gasteiger partial charge < -0.3 is 14.2 Å². The Balaban J connectivity index is 1.78. The molecule has 0 spiro atoms. The third-order valence-electron chi connectivity index (χ3n) is 3.99. The normalized spacial score (nSPS) is 22.5. The number of thiocarbonyl (C=S) groups is 1. The number of carbonyl (C=O) groups is 1. The molecular formula is C17H19NO4S2. The van der Waals surface area contributed by atoms with Crippen molar-refractivity contribution in [2.75, 3.05) is 27.4 Å². The van der Waals surface area contributed by atoms with Crippen LogP contribution < -0.4 is 9.47 Å². The lowest BCUT2D eigenvalue weighted by molar-refractivity contribution is -0.123. The van der Waals surface area contributed by atoms with Gasteiger partial charge in [-0.3, -0.25) is 9.69 Å². The Morgan fingerprint density at radius 1 is 1.38 bits per heavy atom. The van der Waals surface area contributed by atoms with Crippen LogP contribution in [0.3, 0.4) is 0 Å². The fourth-order valence-electron chi connectivity index (χ4n) is 2.74. The lowest BCUT2D eigenvalue weighted by Crippen LogP contribution is -2.35. The average molecular weight is 365 g/mol. The van der Waals surface area contributed by atoms with Crippen LogP contribution in [0.2, 0.25) is 0 Å². The van der Waals surface area contributed by atoms with E-state index in [2.05, 4.69) is 0 Å². The fraction of sp³-hybridized carbons (Fsp3) is 0.412. The molecule has 24 heavy (non-hydrogen) atoms. The van der Waals surface area contributed by atoms with Crippen LogP contribution in [-0.4, -0.2) is 48.6 Å². The summed E-state index contributed by atoms with van der Waals surface area (Å²) < 4.78 is 16.7. The van der Waals surface area contributed by atoms with Gasteiger partial charge in [0.05, 0.1) is 31.8 Å². The Morgan fingerprint density at radius 3 is 2.83 bits per heavy atom. The summed E-state index contributed by atoms with van der Waals surface area (Å²) in [7, 11) is 3.18. The molecule has 0 bridgehead atoms. The molecule has 0 unspecified atom stereocenters. The molecule has 1 amide bonds. The van der Waals surface area contributed by atoms with Crippen LogP contribution in [0.5, 0.6) is 11.5 Å². The van der Waals surface area contributed by atoms with Crippen molar-refractivity contribution in [3.63, 3.8) is 0 Å². The smallest absolute Gasteiger partial charge is 0.266 e. The predicted octanol–water partition coefficient (Wildman–Crippen LogP) is 3.08. The first-order valence-corrected chi connectivity index (χ1v) is 8.94. The number of carbonyl (C=O) groups excluding carboxylic acids is 1. The highest BCUT2D eigenvalue weighted by molar-refractivity contribution is 8.26. The van der Waals surface area contributed by atoms with Crippen LogP contribution in [0.1, 0.15) is 18.4 Å². The number of rotatable bonds is 5. The minimum absolute atomic E-state index is 0.0599. The van der Waals surface area contributed by atoms with E-state index in [0.29, 0.717) is 27.3 Å². The van der Waals surface area contributed by atoms with Crippen molar-refractivity contribution in [2.45, 2.75) is 18.9 Å². The third-order valence-corrected chi connectivity index (χ3v) is 5.37. The molecule has 7 heteroatoms. The second kappa shape index (κ2) is 7.55. The van der Waals surface area contributed by atoms with E-state index < -0.39 is 0 Å². The summed E-state index contributed by atoms with van der Waals surface area (Å²) in [5, 5.41) is 0. The van der Waals surface area contributed by atoms with Crippen LogP contribution >= 0.6 is 24.0 Å². The van der Waals surface area contributed by atoms with E-state index in [9.17, 15) is 4.79 Å². The average Bonchev–Trinajstić information content (AvgIpc) is 3.19. The number of hydrogen-bond acceptors (Lipinski definition) is 6. The molecule has 1 aromatic carbocycles. The van der Waals surface area contributed by atoms with Gasteiger partial charge in [-0.05, 0) is 36.6 Å². The molecule has 0 saturated carbocycles. The molecule has 0 N–H and O–H groups in total. The van der Waals surface area contributed by atoms with Gasteiger partial charge in [0.25, 0.3) is 5.91 Å². The lowest BCUT2D eigenvalue weighted by Gasteiger charge is -2.18. The SMILES string of the molecule is COc1ccc(/C=C2\SC(=S)N(C[C@H]3CCCO3)C2=O)cc1OC. The quantitative estimate of drug-likeness (QED) is 0.590. The van der Waals surface area contributed by atoms with Crippen molar-refractivity contribution in [3.8, 4) is 11.5 Å². The van der Waals surface area contributed by atoms with E-state index >= 15 is 0 Å². The summed E-state index contributed by atoms with van der Waals surface area (Å²) in [6, 6.07) is 5.54. The van der Waals surface area contributed by atoms with Crippen molar-refractivity contribution in [2.24, 2.45) is 0 Å². The summed E-state index contributed by atoms with van der Waals surface area (Å²) in [6.07, 6.45) is 3.94. The molecule has 1 aromatic rings. The Kier molecular flexibility index (Phi) is 5.43. The molecule has 1 atom stereocenters. The monoisotopic (exact) mass is 365 g/mol. The highest BCUT2D eigenvalue weighted by Gasteiger charge is 2.34. The zero-order valence-corrected chi connectivity index (χ0v) is 15.2. The molecule has 2 aliphatic heterocycles. The highest BCUT2D eigenvalue weighted by atomic mass is 32.2. The Labute approximate surface area is 150 Å². The van der Waals surface area contributed by atoms with Gasteiger partial charge in [-0.1, -0.05) is 30.0 Å². The van der Waals surface area contributed by atoms with Crippen molar-refractivity contribution in [3.05, 3.63) is 28.7 Å². The molecule has 2 saturated heterocycles. The number of benzene rings is 1. The van der Waals surface area contributed by atoms with Crippen molar-refractivity contribution in [1.29, 1.82) is 0 Å². The number of amides is 1. The Bertz CT molecular complexity index is 683. The molecule has 0 aromatic heterocycles. The predicted molar refractivity (Wildman–Crippen MR) is 98.4 cm³/mol. The summed E-state index contributed by atoms with van der Waals surface area (Å²) in [5.41, 5.74) is 0.866. The van der Waals surface area contributed by atoms with Gasteiger partial charge in [-0.2, -0.15) is 0 Å². The second-order valence-electron chi connectivity index (χ2n) is 5.54. The van der Waals surface area contributed by atoms with E-state index in [0.717, 1.165) is 25.0 Å². The molecule has 2 heterocycles. The van der Waals surface area contributed by atoms with Gasteiger partial charge in [0.2, 0.25) is 0 Å². The molecular weight excluding hydrogens is 346 g/mol.